The molecule has 0 spiro atoms. The van der Waals surface area contributed by atoms with Crippen LogP contribution in [0.1, 0.15) is 66.2 Å². The summed E-state index contributed by atoms with van der Waals surface area (Å²) in [5.74, 6) is 0.226. The van der Waals surface area contributed by atoms with Crippen molar-refractivity contribution in [1.82, 2.24) is 0 Å². The van der Waals surface area contributed by atoms with Crippen molar-refractivity contribution in [3.63, 3.8) is 0 Å². The molecule has 3 aliphatic rings. The Morgan fingerprint density at radius 2 is 1.96 bits per heavy atom. The molecule has 0 radical (unpaired) electrons. The van der Waals surface area contributed by atoms with Crippen LogP contribution in [0.3, 0.4) is 0 Å². The van der Waals surface area contributed by atoms with Gasteiger partial charge in [-0.1, -0.05) is 12.5 Å². The van der Waals surface area contributed by atoms with Crippen LogP contribution in [-0.2, 0) is 14.3 Å². The van der Waals surface area contributed by atoms with Crippen LogP contribution in [0.2, 0.25) is 0 Å². The van der Waals surface area contributed by atoms with Crippen molar-refractivity contribution >= 4 is 5.97 Å². The van der Waals surface area contributed by atoms with Crippen LogP contribution in [0.25, 0.3) is 0 Å². The fourth-order valence-corrected chi connectivity index (χ4v) is 4.17. The fourth-order valence-electron chi connectivity index (χ4n) is 4.17. The van der Waals surface area contributed by atoms with Gasteiger partial charge in [-0.15, -0.1) is 0 Å². The highest BCUT2D eigenvalue weighted by molar-refractivity contribution is 5.92. The Bertz CT molecular complexity index is 572. The molecule has 0 amide bonds. The lowest BCUT2D eigenvalue weighted by atomic mass is 9.81. The summed E-state index contributed by atoms with van der Waals surface area (Å²) in [6.45, 7) is 8.06. The molecule has 1 fully saturated rings. The first-order valence-corrected chi connectivity index (χ1v) is 9.23. The van der Waals surface area contributed by atoms with E-state index in [4.69, 9.17) is 9.47 Å². The third-order valence-electron chi connectivity index (χ3n) is 6.07. The van der Waals surface area contributed by atoms with E-state index in [1.54, 1.807) is 0 Å². The highest BCUT2D eigenvalue weighted by Gasteiger charge is 2.41. The SMILES string of the molecule is CC1=C2CC[C@H](C)[C@H]3CC[C@](C)(O)[C@H](CC/C(C)=C/[C@@H]2OC1=O)O3. The fraction of sp³-hybridized carbons (Fsp3) is 0.750. The van der Waals surface area contributed by atoms with Crippen LogP contribution in [-0.4, -0.2) is 35.0 Å². The van der Waals surface area contributed by atoms with E-state index in [0.29, 0.717) is 5.92 Å². The Hall–Kier alpha value is -1.13. The van der Waals surface area contributed by atoms with Gasteiger partial charge < -0.3 is 14.6 Å². The highest BCUT2D eigenvalue weighted by Crippen LogP contribution is 2.38. The second-order valence-corrected chi connectivity index (χ2v) is 8.10. The van der Waals surface area contributed by atoms with E-state index in [1.165, 1.54) is 5.57 Å². The molecule has 0 aromatic carbocycles. The minimum atomic E-state index is -0.748. The molecule has 0 unspecified atom stereocenters. The predicted octanol–water partition coefficient (Wildman–Crippen LogP) is 3.68. The second kappa shape index (κ2) is 6.64. The Balaban J connectivity index is 1.87. The average Bonchev–Trinajstić information content (AvgIpc) is 2.77. The summed E-state index contributed by atoms with van der Waals surface area (Å²) in [4.78, 5) is 12.0. The largest absolute Gasteiger partial charge is 0.450 e. The molecule has 3 rings (SSSR count). The highest BCUT2D eigenvalue weighted by atomic mass is 16.5. The Labute approximate surface area is 144 Å². The normalized spacial score (nSPS) is 43.2. The number of hydrogen-bond acceptors (Lipinski definition) is 4. The first kappa shape index (κ1) is 17.7. The van der Waals surface area contributed by atoms with E-state index in [1.807, 2.05) is 13.8 Å². The van der Waals surface area contributed by atoms with Gasteiger partial charge in [0.25, 0.3) is 0 Å². The zero-order valence-corrected chi connectivity index (χ0v) is 15.3. The van der Waals surface area contributed by atoms with Crippen LogP contribution >= 0.6 is 0 Å². The van der Waals surface area contributed by atoms with Gasteiger partial charge in [0.2, 0.25) is 0 Å². The van der Waals surface area contributed by atoms with Gasteiger partial charge in [-0.05, 0) is 76.9 Å². The lowest BCUT2D eigenvalue weighted by Gasteiger charge is -2.43. The molecule has 1 N–H and O–H groups in total. The van der Waals surface area contributed by atoms with E-state index in [2.05, 4.69) is 19.9 Å². The summed E-state index contributed by atoms with van der Waals surface area (Å²) in [5, 5.41) is 10.7. The second-order valence-electron chi connectivity index (χ2n) is 8.10. The Morgan fingerprint density at radius 1 is 1.21 bits per heavy atom. The molecule has 0 saturated carbocycles. The summed E-state index contributed by atoms with van der Waals surface area (Å²) >= 11 is 0. The maximum absolute atomic E-state index is 12.0. The van der Waals surface area contributed by atoms with Crippen LogP contribution in [0, 0.1) is 5.92 Å². The molecule has 3 aliphatic heterocycles. The van der Waals surface area contributed by atoms with Crippen molar-refractivity contribution in [2.75, 3.05) is 0 Å². The van der Waals surface area contributed by atoms with E-state index in [-0.39, 0.29) is 24.3 Å². The quantitative estimate of drug-likeness (QED) is 0.542. The van der Waals surface area contributed by atoms with Gasteiger partial charge in [0.05, 0.1) is 17.8 Å². The number of carbonyl (C=O) groups excluding carboxylic acids is 1. The molecule has 5 atom stereocenters. The topological polar surface area (TPSA) is 55.8 Å². The molecule has 3 heterocycles. The van der Waals surface area contributed by atoms with Crippen molar-refractivity contribution in [2.24, 2.45) is 5.92 Å². The molecule has 4 heteroatoms. The third kappa shape index (κ3) is 3.45. The summed E-state index contributed by atoms with van der Waals surface area (Å²) < 4.78 is 11.9. The van der Waals surface area contributed by atoms with Crippen LogP contribution in [0.5, 0.6) is 0 Å². The lowest BCUT2D eigenvalue weighted by Crippen LogP contribution is -2.49. The Morgan fingerprint density at radius 3 is 2.71 bits per heavy atom. The van der Waals surface area contributed by atoms with Crippen molar-refractivity contribution in [3.05, 3.63) is 22.8 Å². The molecular formula is C20H30O4. The zero-order chi connectivity index (χ0) is 17.5. The van der Waals surface area contributed by atoms with Gasteiger partial charge >= 0.3 is 5.97 Å². The molecule has 4 nitrogen and oxygen atoms in total. The van der Waals surface area contributed by atoms with Gasteiger partial charge in [-0.2, -0.15) is 0 Å². The molecule has 0 aromatic rings. The molecule has 0 aliphatic carbocycles. The minimum Gasteiger partial charge on any atom is -0.450 e. The van der Waals surface area contributed by atoms with Gasteiger partial charge in [0.1, 0.15) is 6.10 Å². The van der Waals surface area contributed by atoms with E-state index in [9.17, 15) is 9.90 Å². The van der Waals surface area contributed by atoms with E-state index in [0.717, 1.165) is 49.7 Å². The number of esters is 1. The van der Waals surface area contributed by atoms with Gasteiger partial charge in [-0.25, -0.2) is 4.79 Å². The summed E-state index contributed by atoms with van der Waals surface area (Å²) in [5.41, 5.74) is 2.35. The van der Waals surface area contributed by atoms with Crippen molar-refractivity contribution in [2.45, 2.75) is 90.1 Å². The predicted molar refractivity (Wildman–Crippen MR) is 92.5 cm³/mol. The van der Waals surface area contributed by atoms with Crippen LogP contribution < -0.4 is 0 Å². The van der Waals surface area contributed by atoms with E-state index < -0.39 is 5.60 Å². The summed E-state index contributed by atoms with van der Waals surface area (Å²) in [7, 11) is 0. The maximum atomic E-state index is 12.0. The molecule has 1 saturated heterocycles. The number of aliphatic hydroxyl groups is 1. The van der Waals surface area contributed by atoms with Gasteiger partial charge in [-0.3, -0.25) is 0 Å². The molecule has 2 bridgehead atoms. The third-order valence-corrected chi connectivity index (χ3v) is 6.07. The number of carbonyl (C=O) groups is 1. The summed E-state index contributed by atoms with van der Waals surface area (Å²) in [6.07, 6.45) is 7.13. The molecule has 0 aromatic heterocycles. The molecular weight excluding hydrogens is 304 g/mol. The first-order chi connectivity index (χ1) is 11.3. The number of rotatable bonds is 0. The summed E-state index contributed by atoms with van der Waals surface area (Å²) in [6, 6.07) is 0. The van der Waals surface area contributed by atoms with Crippen LogP contribution in [0.4, 0.5) is 0 Å². The number of allylic oxidation sites excluding steroid dienone is 1. The Kier molecular flexibility index (Phi) is 4.89. The number of ether oxygens (including phenoxy) is 2. The molecule has 134 valence electrons. The average molecular weight is 334 g/mol. The lowest BCUT2D eigenvalue weighted by molar-refractivity contribution is -0.181. The zero-order valence-electron chi connectivity index (χ0n) is 15.3. The number of hydrogen-bond donors (Lipinski definition) is 1. The van der Waals surface area contributed by atoms with Gasteiger partial charge in [0, 0.05) is 5.57 Å². The first-order valence-electron chi connectivity index (χ1n) is 9.23. The standard InChI is InChI=1S/C20H30O4/c1-12-5-8-18-20(4,22)10-9-16(23-18)13(2)6-7-15-14(3)19(21)24-17(15)11-12/h11,13,16-18,22H,5-10H2,1-4H3/b12-11+/t13-,16+,17-,18-,20-/m0/s1. The van der Waals surface area contributed by atoms with Crippen molar-refractivity contribution in [1.29, 1.82) is 0 Å². The smallest absolute Gasteiger partial charge is 0.334 e. The van der Waals surface area contributed by atoms with Gasteiger partial charge in [0.15, 0.2) is 0 Å². The monoisotopic (exact) mass is 334 g/mol. The van der Waals surface area contributed by atoms with Crippen LogP contribution in [0.15, 0.2) is 22.8 Å². The van der Waals surface area contributed by atoms with Crippen molar-refractivity contribution in [3.8, 4) is 0 Å². The maximum Gasteiger partial charge on any atom is 0.334 e. The molecule has 24 heavy (non-hydrogen) atoms. The van der Waals surface area contributed by atoms with Crippen molar-refractivity contribution < 1.29 is 19.4 Å². The van der Waals surface area contributed by atoms with E-state index >= 15 is 0 Å². The number of fused-ring (bicyclic) bond motifs is 3. The minimum absolute atomic E-state index is 0.121.